The zero-order valence-electron chi connectivity index (χ0n) is 9.18. The number of carbonyl (C=O) groups excluding carboxylic acids is 2. The Morgan fingerprint density at radius 1 is 1.38 bits per heavy atom. The van der Waals surface area contributed by atoms with Crippen LogP contribution in [0.4, 0.5) is 0 Å². The van der Waals surface area contributed by atoms with Crippen LogP contribution in [0.15, 0.2) is 43.0 Å². The number of ether oxygens (including phenoxy) is 1. The van der Waals surface area contributed by atoms with E-state index in [1.165, 1.54) is 13.0 Å². The number of ketones is 1. The largest absolute Gasteiger partial charge is 0.453 e. The summed E-state index contributed by atoms with van der Waals surface area (Å²) < 4.78 is 5.12. The number of esters is 1. The van der Waals surface area contributed by atoms with Gasteiger partial charge in [-0.1, -0.05) is 36.9 Å². The highest BCUT2D eigenvalue weighted by Gasteiger charge is 2.14. The Balaban J connectivity index is 2.66. The zero-order valence-corrected chi connectivity index (χ0v) is 9.18. The highest BCUT2D eigenvalue weighted by atomic mass is 16.5. The summed E-state index contributed by atoms with van der Waals surface area (Å²) in [4.78, 5) is 22.0. The minimum atomic E-state index is -0.527. The molecule has 84 valence electrons. The van der Waals surface area contributed by atoms with Crippen LogP contribution in [0.1, 0.15) is 25.0 Å². The Labute approximate surface area is 94.7 Å². The second-order valence-electron chi connectivity index (χ2n) is 3.44. The lowest BCUT2D eigenvalue weighted by molar-refractivity contribution is -0.148. The van der Waals surface area contributed by atoms with Crippen molar-refractivity contribution in [1.29, 1.82) is 0 Å². The van der Waals surface area contributed by atoms with Gasteiger partial charge in [-0.2, -0.15) is 0 Å². The first-order chi connectivity index (χ1) is 7.63. The van der Waals surface area contributed by atoms with Gasteiger partial charge in [-0.05, 0) is 18.6 Å². The number of hydrogen-bond donors (Lipinski definition) is 0. The van der Waals surface area contributed by atoms with E-state index in [9.17, 15) is 9.59 Å². The van der Waals surface area contributed by atoms with Gasteiger partial charge in [-0.25, -0.2) is 0 Å². The van der Waals surface area contributed by atoms with Crippen molar-refractivity contribution in [1.82, 2.24) is 0 Å². The highest BCUT2D eigenvalue weighted by Crippen LogP contribution is 2.18. The van der Waals surface area contributed by atoms with Crippen LogP contribution in [0.25, 0.3) is 0 Å². The van der Waals surface area contributed by atoms with Crippen molar-refractivity contribution in [3.05, 3.63) is 48.6 Å². The minimum Gasteiger partial charge on any atom is -0.453 e. The predicted octanol–water partition coefficient (Wildman–Crippen LogP) is 2.44. The van der Waals surface area contributed by atoms with E-state index in [-0.39, 0.29) is 12.2 Å². The molecule has 0 spiro atoms. The van der Waals surface area contributed by atoms with Gasteiger partial charge in [0.25, 0.3) is 0 Å². The van der Waals surface area contributed by atoms with E-state index in [2.05, 4.69) is 6.58 Å². The van der Waals surface area contributed by atoms with E-state index in [1.54, 1.807) is 0 Å². The first-order valence-electron chi connectivity index (χ1n) is 5.00. The summed E-state index contributed by atoms with van der Waals surface area (Å²) in [6.07, 6.45) is 0.845. The molecule has 0 radical (unpaired) electrons. The fraction of sp³-hybridized carbons (Fsp3) is 0.231. The third-order valence-corrected chi connectivity index (χ3v) is 1.99. The Hall–Kier alpha value is -1.90. The molecule has 0 aliphatic carbocycles. The lowest BCUT2D eigenvalue weighted by Crippen LogP contribution is -2.12. The third kappa shape index (κ3) is 3.69. The van der Waals surface area contributed by atoms with Crippen LogP contribution in [0, 0.1) is 0 Å². The van der Waals surface area contributed by atoms with Gasteiger partial charge in [0, 0.05) is 0 Å². The normalized spacial score (nSPS) is 11.6. The molecule has 1 aromatic rings. The molecule has 16 heavy (non-hydrogen) atoms. The van der Waals surface area contributed by atoms with Gasteiger partial charge in [0.1, 0.15) is 18.3 Å². The average Bonchev–Trinajstić information content (AvgIpc) is 2.26. The summed E-state index contributed by atoms with van der Waals surface area (Å²) >= 11 is 0. The maximum absolute atomic E-state index is 11.3. The third-order valence-electron chi connectivity index (χ3n) is 1.99. The van der Waals surface area contributed by atoms with Crippen LogP contribution in [-0.4, -0.2) is 11.8 Å². The van der Waals surface area contributed by atoms with Gasteiger partial charge in [-0.3, -0.25) is 9.59 Å². The fourth-order valence-electron chi connectivity index (χ4n) is 1.28. The van der Waals surface area contributed by atoms with E-state index in [0.29, 0.717) is 0 Å². The summed E-state index contributed by atoms with van der Waals surface area (Å²) in [5.41, 5.74) is 0.842. The molecule has 0 saturated carbocycles. The molecule has 1 atom stereocenters. The van der Waals surface area contributed by atoms with Crippen LogP contribution >= 0.6 is 0 Å². The van der Waals surface area contributed by atoms with Crippen molar-refractivity contribution in [2.45, 2.75) is 19.4 Å². The van der Waals surface area contributed by atoms with Gasteiger partial charge in [0.2, 0.25) is 0 Å². The SMILES string of the molecule is C=C[C@@H](OC(=O)CC(C)=O)c1ccccc1. The Morgan fingerprint density at radius 3 is 2.50 bits per heavy atom. The van der Waals surface area contributed by atoms with E-state index >= 15 is 0 Å². The molecule has 0 fully saturated rings. The molecule has 0 N–H and O–H groups in total. The lowest BCUT2D eigenvalue weighted by Gasteiger charge is -2.13. The summed E-state index contributed by atoms with van der Waals surface area (Å²) in [5, 5.41) is 0. The Bertz CT molecular complexity index is 381. The lowest BCUT2D eigenvalue weighted by atomic mass is 10.1. The number of hydrogen-bond acceptors (Lipinski definition) is 3. The van der Waals surface area contributed by atoms with Crippen molar-refractivity contribution in [3.63, 3.8) is 0 Å². The molecule has 3 heteroatoms. The summed E-state index contributed by atoms with van der Waals surface area (Å²) in [7, 11) is 0. The number of benzene rings is 1. The van der Waals surface area contributed by atoms with Crippen molar-refractivity contribution in [2.24, 2.45) is 0 Å². The fourth-order valence-corrected chi connectivity index (χ4v) is 1.28. The first-order valence-corrected chi connectivity index (χ1v) is 5.00. The van der Waals surface area contributed by atoms with Gasteiger partial charge >= 0.3 is 5.97 Å². The molecule has 1 rings (SSSR count). The maximum Gasteiger partial charge on any atom is 0.314 e. The topological polar surface area (TPSA) is 43.4 Å². The molecule has 0 aliphatic rings. The maximum atomic E-state index is 11.3. The van der Waals surface area contributed by atoms with Gasteiger partial charge in [0.15, 0.2) is 0 Å². The monoisotopic (exact) mass is 218 g/mol. The number of carbonyl (C=O) groups is 2. The predicted molar refractivity (Wildman–Crippen MR) is 60.8 cm³/mol. The van der Waals surface area contributed by atoms with Crippen molar-refractivity contribution in [3.8, 4) is 0 Å². The summed E-state index contributed by atoms with van der Waals surface area (Å²) in [5.74, 6) is -0.734. The van der Waals surface area contributed by atoms with Gasteiger partial charge in [0.05, 0.1) is 0 Å². The van der Waals surface area contributed by atoms with Crippen LogP contribution in [0.3, 0.4) is 0 Å². The first kappa shape index (κ1) is 12.2. The van der Waals surface area contributed by atoms with Gasteiger partial charge in [-0.15, -0.1) is 0 Å². The number of Topliss-reactive ketones (excluding diaryl/α,β-unsaturated/α-hetero) is 1. The second kappa shape index (κ2) is 5.85. The molecular weight excluding hydrogens is 204 g/mol. The highest BCUT2D eigenvalue weighted by molar-refractivity contribution is 5.94. The van der Waals surface area contributed by atoms with Gasteiger partial charge < -0.3 is 4.74 Å². The molecule has 0 amide bonds. The summed E-state index contributed by atoms with van der Waals surface area (Å²) in [6, 6.07) is 9.26. The van der Waals surface area contributed by atoms with E-state index in [0.717, 1.165) is 5.56 Å². The van der Waals surface area contributed by atoms with E-state index in [1.807, 2.05) is 30.3 Å². The quantitative estimate of drug-likeness (QED) is 0.433. The van der Waals surface area contributed by atoms with Crippen molar-refractivity contribution >= 4 is 11.8 Å². The van der Waals surface area contributed by atoms with Crippen LogP contribution in [0.2, 0.25) is 0 Å². The molecule has 0 saturated heterocycles. The average molecular weight is 218 g/mol. The molecule has 0 bridgehead atoms. The summed E-state index contributed by atoms with van der Waals surface area (Å²) in [6.45, 7) is 4.96. The van der Waals surface area contributed by atoms with E-state index in [4.69, 9.17) is 4.74 Å². The van der Waals surface area contributed by atoms with Crippen molar-refractivity contribution < 1.29 is 14.3 Å². The molecule has 3 nitrogen and oxygen atoms in total. The smallest absolute Gasteiger partial charge is 0.314 e. The van der Waals surface area contributed by atoms with Crippen LogP contribution in [-0.2, 0) is 14.3 Å². The molecule has 1 aromatic carbocycles. The van der Waals surface area contributed by atoms with Crippen molar-refractivity contribution in [2.75, 3.05) is 0 Å². The minimum absolute atomic E-state index is 0.197. The molecule has 0 unspecified atom stereocenters. The number of rotatable bonds is 5. The molecule has 0 heterocycles. The second-order valence-corrected chi connectivity index (χ2v) is 3.44. The zero-order chi connectivity index (χ0) is 12.0. The van der Waals surface area contributed by atoms with Crippen LogP contribution < -0.4 is 0 Å². The molecule has 0 aliphatic heterocycles. The molecule has 0 aromatic heterocycles. The van der Waals surface area contributed by atoms with E-state index < -0.39 is 12.1 Å². The Kier molecular flexibility index (Phi) is 4.45. The van der Waals surface area contributed by atoms with Crippen LogP contribution in [0.5, 0.6) is 0 Å². The standard InChI is InChI=1S/C13H14O3/c1-3-12(11-7-5-4-6-8-11)16-13(15)9-10(2)14/h3-8,12H,1,9H2,2H3/t12-/m1/s1. The Morgan fingerprint density at radius 2 is 2.00 bits per heavy atom. The molecular formula is C13H14O3.